The maximum absolute atomic E-state index is 13.1. The van der Waals surface area contributed by atoms with Crippen LogP contribution in [0.15, 0.2) is 18.2 Å². The van der Waals surface area contributed by atoms with E-state index in [4.69, 9.17) is 11.6 Å². The van der Waals surface area contributed by atoms with Gasteiger partial charge in [-0.25, -0.2) is 4.39 Å². The zero-order valence-electron chi connectivity index (χ0n) is 10.7. The van der Waals surface area contributed by atoms with Crippen LogP contribution in [0.1, 0.15) is 18.0 Å². The zero-order valence-corrected chi connectivity index (χ0v) is 11.4. The second-order valence-electron chi connectivity index (χ2n) is 4.79. The smallest absolute Gasteiger partial charge is 0.314 e. The first-order valence-electron chi connectivity index (χ1n) is 6.33. The Balaban J connectivity index is 2.29. The molecule has 20 heavy (non-hydrogen) atoms. The van der Waals surface area contributed by atoms with Crippen LogP contribution in [0.3, 0.4) is 0 Å². The van der Waals surface area contributed by atoms with Crippen molar-refractivity contribution in [3.05, 3.63) is 34.6 Å². The minimum Gasteiger partial charge on any atom is -0.314 e. The first-order valence-corrected chi connectivity index (χ1v) is 6.71. The maximum atomic E-state index is 13.1. The van der Waals surface area contributed by atoms with Gasteiger partial charge in [0.15, 0.2) is 0 Å². The highest BCUT2D eigenvalue weighted by Crippen LogP contribution is 2.37. The molecule has 1 aliphatic heterocycles. The summed E-state index contributed by atoms with van der Waals surface area (Å²) >= 11 is 5.92. The van der Waals surface area contributed by atoms with Crippen LogP contribution in [0.5, 0.6) is 0 Å². The Labute approximate surface area is 119 Å². The van der Waals surface area contributed by atoms with Gasteiger partial charge in [-0.15, -0.1) is 0 Å². The summed E-state index contributed by atoms with van der Waals surface area (Å²) in [6.45, 7) is 2.28. The normalized spacial score (nSPS) is 19.1. The number of halogens is 5. The second kappa shape index (κ2) is 6.28. The topological polar surface area (TPSA) is 15.3 Å². The Hall–Kier alpha value is -0.850. The van der Waals surface area contributed by atoms with E-state index in [1.54, 1.807) is 4.90 Å². The molecule has 0 spiro atoms. The van der Waals surface area contributed by atoms with Crippen molar-refractivity contribution >= 4 is 11.6 Å². The summed E-state index contributed by atoms with van der Waals surface area (Å²) in [5.74, 6) is -0.551. The molecule has 0 bridgehead atoms. The molecule has 1 heterocycles. The van der Waals surface area contributed by atoms with Crippen LogP contribution in [0.2, 0.25) is 5.02 Å². The van der Waals surface area contributed by atoms with E-state index in [1.807, 2.05) is 0 Å². The Bertz CT molecular complexity index is 458. The first kappa shape index (κ1) is 15.5. The Morgan fingerprint density at radius 2 is 1.90 bits per heavy atom. The van der Waals surface area contributed by atoms with E-state index < -0.39 is 24.5 Å². The molecule has 1 aliphatic rings. The largest absolute Gasteiger partial charge is 0.390 e. The highest BCUT2D eigenvalue weighted by molar-refractivity contribution is 6.31. The standard InChI is InChI=1S/C13H15ClF4N2/c14-11-7-9(15)1-2-10(11)12(8-13(16,17)18)20-5-3-19-4-6-20/h1-2,7,12,19H,3-6,8H2/t12-/m0/s1. The van der Waals surface area contributed by atoms with Crippen molar-refractivity contribution in [1.29, 1.82) is 0 Å². The quantitative estimate of drug-likeness (QED) is 0.861. The van der Waals surface area contributed by atoms with Gasteiger partial charge in [-0.2, -0.15) is 13.2 Å². The molecule has 0 aromatic heterocycles. The van der Waals surface area contributed by atoms with Crippen molar-refractivity contribution in [3.63, 3.8) is 0 Å². The van der Waals surface area contributed by atoms with Crippen LogP contribution in [0.4, 0.5) is 17.6 Å². The summed E-state index contributed by atoms with van der Waals surface area (Å²) in [5, 5.41) is 3.13. The minimum absolute atomic E-state index is 0.0396. The molecule has 1 atom stereocenters. The molecule has 1 saturated heterocycles. The SMILES string of the molecule is Fc1ccc([C@H](CC(F)(F)F)N2CCNCC2)c(Cl)c1. The Morgan fingerprint density at radius 1 is 1.25 bits per heavy atom. The number of alkyl halides is 3. The number of nitrogens with one attached hydrogen (secondary N) is 1. The predicted octanol–water partition coefficient (Wildman–Crippen LogP) is 3.38. The van der Waals surface area contributed by atoms with E-state index in [2.05, 4.69) is 5.32 Å². The van der Waals surface area contributed by atoms with Crippen molar-refractivity contribution in [2.24, 2.45) is 0 Å². The van der Waals surface area contributed by atoms with Crippen molar-refractivity contribution in [1.82, 2.24) is 10.2 Å². The first-order chi connectivity index (χ1) is 9.37. The summed E-state index contributed by atoms with van der Waals surface area (Å²) in [4.78, 5) is 1.74. The number of rotatable bonds is 3. The van der Waals surface area contributed by atoms with Gasteiger partial charge in [0.05, 0.1) is 6.42 Å². The Morgan fingerprint density at radius 3 is 2.45 bits per heavy atom. The molecule has 2 rings (SSSR count). The molecule has 1 aromatic carbocycles. The van der Waals surface area contributed by atoms with Crippen LogP contribution in [0, 0.1) is 5.82 Å². The van der Waals surface area contributed by atoms with E-state index >= 15 is 0 Å². The van der Waals surface area contributed by atoms with Gasteiger partial charge in [-0.3, -0.25) is 4.90 Å². The van der Waals surface area contributed by atoms with Gasteiger partial charge in [0.2, 0.25) is 0 Å². The number of piperazine rings is 1. The zero-order chi connectivity index (χ0) is 14.8. The van der Waals surface area contributed by atoms with E-state index in [9.17, 15) is 17.6 Å². The summed E-state index contributed by atoms with van der Waals surface area (Å²) in [7, 11) is 0. The molecule has 0 amide bonds. The molecule has 1 aromatic rings. The van der Waals surface area contributed by atoms with Gasteiger partial charge in [-0.1, -0.05) is 17.7 Å². The van der Waals surface area contributed by atoms with Crippen LogP contribution < -0.4 is 5.32 Å². The van der Waals surface area contributed by atoms with Gasteiger partial charge < -0.3 is 5.32 Å². The highest BCUT2D eigenvalue weighted by Gasteiger charge is 2.36. The number of hydrogen-bond donors (Lipinski definition) is 1. The molecule has 1 N–H and O–H groups in total. The lowest BCUT2D eigenvalue weighted by Gasteiger charge is -2.36. The number of benzene rings is 1. The lowest BCUT2D eigenvalue weighted by Crippen LogP contribution is -2.46. The molecule has 0 saturated carbocycles. The van der Waals surface area contributed by atoms with Crippen LogP contribution in [-0.4, -0.2) is 37.3 Å². The van der Waals surface area contributed by atoms with E-state index in [1.165, 1.54) is 6.07 Å². The lowest BCUT2D eigenvalue weighted by molar-refractivity contribution is -0.148. The summed E-state index contributed by atoms with van der Waals surface area (Å²) in [6, 6.07) is 2.68. The van der Waals surface area contributed by atoms with Gasteiger partial charge in [0, 0.05) is 37.2 Å². The fraction of sp³-hybridized carbons (Fsp3) is 0.538. The van der Waals surface area contributed by atoms with Crippen molar-refractivity contribution in [3.8, 4) is 0 Å². The average Bonchev–Trinajstić information content (AvgIpc) is 2.36. The number of nitrogens with zero attached hydrogens (tertiary/aromatic N) is 1. The van der Waals surface area contributed by atoms with Crippen molar-refractivity contribution < 1.29 is 17.6 Å². The van der Waals surface area contributed by atoms with E-state index in [0.717, 1.165) is 12.1 Å². The second-order valence-corrected chi connectivity index (χ2v) is 5.19. The fourth-order valence-electron chi connectivity index (χ4n) is 2.42. The molecule has 0 unspecified atom stereocenters. The highest BCUT2D eigenvalue weighted by atomic mass is 35.5. The molecule has 112 valence electrons. The van der Waals surface area contributed by atoms with E-state index in [0.29, 0.717) is 31.7 Å². The predicted molar refractivity (Wildman–Crippen MR) is 69.3 cm³/mol. The fourth-order valence-corrected chi connectivity index (χ4v) is 2.71. The van der Waals surface area contributed by atoms with Gasteiger partial charge in [0.1, 0.15) is 5.82 Å². The molecular weight excluding hydrogens is 296 g/mol. The van der Waals surface area contributed by atoms with Crippen molar-refractivity contribution in [2.75, 3.05) is 26.2 Å². The van der Waals surface area contributed by atoms with Gasteiger partial charge in [0.25, 0.3) is 0 Å². The summed E-state index contributed by atoms with van der Waals surface area (Å²) < 4.78 is 51.5. The molecule has 7 heteroatoms. The van der Waals surface area contributed by atoms with Crippen LogP contribution in [-0.2, 0) is 0 Å². The van der Waals surface area contributed by atoms with Crippen LogP contribution >= 0.6 is 11.6 Å². The molecule has 0 radical (unpaired) electrons. The lowest BCUT2D eigenvalue weighted by atomic mass is 10.0. The third kappa shape index (κ3) is 4.07. The molecule has 2 nitrogen and oxygen atoms in total. The van der Waals surface area contributed by atoms with Gasteiger partial charge >= 0.3 is 6.18 Å². The molecular formula is C13H15ClF4N2. The molecule has 1 fully saturated rings. The molecule has 0 aliphatic carbocycles. The van der Waals surface area contributed by atoms with Crippen molar-refractivity contribution in [2.45, 2.75) is 18.6 Å². The summed E-state index contributed by atoms with van der Waals surface area (Å²) in [5.41, 5.74) is 0.326. The summed E-state index contributed by atoms with van der Waals surface area (Å²) in [6.07, 6.45) is -5.29. The average molecular weight is 311 g/mol. The Kier molecular flexibility index (Phi) is 4.88. The van der Waals surface area contributed by atoms with Gasteiger partial charge in [-0.05, 0) is 17.7 Å². The maximum Gasteiger partial charge on any atom is 0.390 e. The third-order valence-electron chi connectivity index (χ3n) is 3.34. The third-order valence-corrected chi connectivity index (χ3v) is 3.67. The number of hydrogen-bond acceptors (Lipinski definition) is 2. The monoisotopic (exact) mass is 310 g/mol. The minimum atomic E-state index is -4.30. The van der Waals surface area contributed by atoms with E-state index in [-0.39, 0.29) is 5.02 Å². The van der Waals surface area contributed by atoms with Crippen LogP contribution in [0.25, 0.3) is 0 Å².